The molecule has 0 radical (unpaired) electrons. The summed E-state index contributed by atoms with van der Waals surface area (Å²) in [7, 11) is 2.17. The topological polar surface area (TPSA) is 52.6 Å². The van der Waals surface area contributed by atoms with Gasteiger partial charge in [-0.2, -0.15) is 0 Å². The number of aliphatic hydroxyl groups is 1. The van der Waals surface area contributed by atoms with E-state index in [4.69, 9.17) is 0 Å². The molecule has 1 aliphatic carbocycles. The molecular formula is C15H28N2O2. The van der Waals surface area contributed by atoms with Crippen LogP contribution in [0.3, 0.4) is 0 Å². The highest BCUT2D eigenvalue weighted by atomic mass is 16.3. The maximum Gasteiger partial charge on any atom is 0.220 e. The molecule has 1 atom stereocenters. The van der Waals surface area contributed by atoms with Crippen molar-refractivity contribution in [1.29, 1.82) is 0 Å². The van der Waals surface area contributed by atoms with Gasteiger partial charge in [0.15, 0.2) is 0 Å². The molecule has 2 N–H and O–H groups in total. The third-order valence-electron chi connectivity index (χ3n) is 4.56. The molecule has 4 heteroatoms. The van der Waals surface area contributed by atoms with Gasteiger partial charge in [0.1, 0.15) is 0 Å². The highest BCUT2D eigenvalue weighted by Gasteiger charge is 2.22. The maximum absolute atomic E-state index is 11.9. The highest BCUT2D eigenvalue weighted by molar-refractivity contribution is 5.76. The second kappa shape index (κ2) is 7.25. The molecule has 110 valence electrons. The number of rotatable bonds is 4. The number of nitrogens with zero attached hydrogens (tertiary/aromatic N) is 1. The number of piperidine rings is 1. The van der Waals surface area contributed by atoms with Crippen LogP contribution in [0.15, 0.2) is 0 Å². The summed E-state index contributed by atoms with van der Waals surface area (Å²) in [5.74, 6) is 0.896. The number of aliphatic hydroxyl groups excluding tert-OH is 1. The average Bonchev–Trinajstić information content (AvgIpc) is 2.39. The molecule has 1 unspecified atom stereocenters. The van der Waals surface area contributed by atoms with E-state index in [1.807, 2.05) is 0 Å². The molecule has 1 heterocycles. The van der Waals surface area contributed by atoms with Crippen molar-refractivity contribution in [2.75, 3.05) is 20.1 Å². The number of likely N-dealkylation sites (tertiary alicyclic amines) is 1. The van der Waals surface area contributed by atoms with E-state index in [0.29, 0.717) is 18.4 Å². The number of carbonyl (C=O) groups is 1. The Bertz CT molecular complexity index is 288. The zero-order valence-corrected chi connectivity index (χ0v) is 12.1. The molecule has 1 amide bonds. The second-order valence-electron chi connectivity index (χ2n) is 6.38. The van der Waals surface area contributed by atoms with Crippen LogP contribution in [0.2, 0.25) is 0 Å². The van der Waals surface area contributed by atoms with Gasteiger partial charge in [-0.05, 0) is 64.5 Å². The standard InChI is InChI=1S/C15H28N2O2/c1-17-10-2-3-12(11-17)4-9-15(19)16-13-5-7-14(18)8-6-13/h12-14,18H,2-11H2,1H3,(H,16,19). The van der Waals surface area contributed by atoms with Crippen molar-refractivity contribution in [1.82, 2.24) is 10.2 Å². The number of amides is 1. The Kier molecular flexibility index (Phi) is 5.64. The van der Waals surface area contributed by atoms with Crippen molar-refractivity contribution < 1.29 is 9.90 Å². The van der Waals surface area contributed by atoms with Crippen molar-refractivity contribution in [3.8, 4) is 0 Å². The highest BCUT2D eigenvalue weighted by Crippen LogP contribution is 2.21. The van der Waals surface area contributed by atoms with E-state index in [1.54, 1.807) is 0 Å². The molecule has 1 saturated carbocycles. The molecule has 0 aromatic carbocycles. The largest absolute Gasteiger partial charge is 0.393 e. The first-order valence-corrected chi connectivity index (χ1v) is 7.79. The average molecular weight is 268 g/mol. The van der Waals surface area contributed by atoms with Crippen molar-refractivity contribution in [3.63, 3.8) is 0 Å². The lowest BCUT2D eigenvalue weighted by molar-refractivity contribution is -0.122. The lowest BCUT2D eigenvalue weighted by Gasteiger charge is -2.30. The van der Waals surface area contributed by atoms with E-state index < -0.39 is 0 Å². The van der Waals surface area contributed by atoms with Gasteiger partial charge in [-0.15, -0.1) is 0 Å². The van der Waals surface area contributed by atoms with E-state index >= 15 is 0 Å². The van der Waals surface area contributed by atoms with Crippen molar-refractivity contribution >= 4 is 5.91 Å². The van der Waals surface area contributed by atoms with Crippen LogP contribution < -0.4 is 5.32 Å². The molecule has 2 aliphatic rings. The molecule has 0 bridgehead atoms. The minimum atomic E-state index is -0.147. The minimum Gasteiger partial charge on any atom is -0.393 e. The van der Waals surface area contributed by atoms with Crippen molar-refractivity contribution in [2.45, 2.75) is 63.5 Å². The molecule has 4 nitrogen and oxygen atoms in total. The lowest BCUT2D eigenvalue weighted by atomic mass is 9.92. The van der Waals surface area contributed by atoms with Crippen LogP contribution in [0, 0.1) is 5.92 Å². The predicted octanol–water partition coefficient (Wildman–Crippen LogP) is 1.53. The van der Waals surface area contributed by atoms with E-state index in [9.17, 15) is 9.90 Å². The Morgan fingerprint density at radius 2 is 2.00 bits per heavy atom. The lowest BCUT2D eigenvalue weighted by Crippen LogP contribution is -2.39. The first-order chi connectivity index (χ1) is 9.13. The van der Waals surface area contributed by atoms with Crippen molar-refractivity contribution in [3.05, 3.63) is 0 Å². The predicted molar refractivity (Wildman–Crippen MR) is 75.9 cm³/mol. The third-order valence-corrected chi connectivity index (χ3v) is 4.56. The summed E-state index contributed by atoms with van der Waals surface area (Å²) in [6.07, 6.45) is 7.60. The summed E-state index contributed by atoms with van der Waals surface area (Å²) in [5.41, 5.74) is 0. The van der Waals surface area contributed by atoms with Gasteiger partial charge in [0, 0.05) is 19.0 Å². The fraction of sp³-hybridized carbons (Fsp3) is 0.933. The maximum atomic E-state index is 11.9. The Morgan fingerprint density at radius 3 is 2.68 bits per heavy atom. The summed E-state index contributed by atoms with van der Waals surface area (Å²) < 4.78 is 0. The van der Waals surface area contributed by atoms with Gasteiger partial charge < -0.3 is 15.3 Å². The van der Waals surface area contributed by atoms with Gasteiger partial charge in [-0.3, -0.25) is 4.79 Å². The quantitative estimate of drug-likeness (QED) is 0.813. The first kappa shape index (κ1) is 14.8. The number of hydrogen-bond donors (Lipinski definition) is 2. The molecule has 1 saturated heterocycles. The smallest absolute Gasteiger partial charge is 0.220 e. The minimum absolute atomic E-state index is 0.147. The van der Waals surface area contributed by atoms with Crippen LogP contribution in [0.1, 0.15) is 51.4 Å². The molecule has 19 heavy (non-hydrogen) atoms. The summed E-state index contributed by atoms with van der Waals surface area (Å²) in [5, 5.41) is 12.6. The van der Waals surface area contributed by atoms with Crippen LogP contribution in [0.5, 0.6) is 0 Å². The Labute approximate surface area is 116 Å². The summed E-state index contributed by atoms with van der Waals surface area (Å²) >= 11 is 0. The van der Waals surface area contributed by atoms with Gasteiger partial charge in [0.05, 0.1) is 6.10 Å². The third kappa shape index (κ3) is 5.11. The molecular weight excluding hydrogens is 240 g/mol. The van der Waals surface area contributed by atoms with Gasteiger partial charge >= 0.3 is 0 Å². The van der Waals surface area contributed by atoms with Crippen LogP contribution in [0.4, 0.5) is 0 Å². The van der Waals surface area contributed by atoms with Crippen molar-refractivity contribution in [2.24, 2.45) is 5.92 Å². The normalized spacial score (nSPS) is 33.1. The van der Waals surface area contributed by atoms with Gasteiger partial charge in [0.25, 0.3) is 0 Å². The SMILES string of the molecule is CN1CCCC(CCC(=O)NC2CCC(O)CC2)C1. The summed E-state index contributed by atoms with van der Waals surface area (Å²) in [6.45, 7) is 2.34. The number of hydrogen-bond acceptors (Lipinski definition) is 3. The zero-order valence-electron chi connectivity index (χ0n) is 12.1. The Hall–Kier alpha value is -0.610. The molecule has 2 fully saturated rings. The van der Waals surface area contributed by atoms with Gasteiger partial charge in [-0.1, -0.05) is 0 Å². The fourth-order valence-corrected chi connectivity index (χ4v) is 3.36. The number of carbonyl (C=O) groups excluding carboxylic acids is 1. The first-order valence-electron chi connectivity index (χ1n) is 7.79. The Morgan fingerprint density at radius 1 is 1.26 bits per heavy atom. The monoisotopic (exact) mass is 268 g/mol. The fourth-order valence-electron chi connectivity index (χ4n) is 3.36. The molecule has 0 aromatic rings. The van der Waals surface area contributed by atoms with E-state index in [1.165, 1.54) is 19.4 Å². The van der Waals surface area contributed by atoms with E-state index in [-0.39, 0.29) is 12.0 Å². The summed E-state index contributed by atoms with van der Waals surface area (Å²) in [6, 6.07) is 0.296. The van der Waals surface area contributed by atoms with Crippen LogP contribution in [-0.2, 0) is 4.79 Å². The van der Waals surface area contributed by atoms with Gasteiger partial charge in [0.2, 0.25) is 5.91 Å². The van der Waals surface area contributed by atoms with E-state index in [2.05, 4.69) is 17.3 Å². The second-order valence-corrected chi connectivity index (χ2v) is 6.38. The van der Waals surface area contributed by atoms with Crippen LogP contribution in [-0.4, -0.2) is 48.2 Å². The zero-order chi connectivity index (χ0) is 13.7. The molecule has 0 aromatic heterocycles. The van der Waals surface area contributed by atoms with Gasteiger partial charge in [-0.25, -0.2) is 0 Å². The molecule has 0 spiro atoms. The van der Waals surface area contributed by atoms with Crippen LogP contribution >= 0.6 is 0 Å². The van der Waals surface area contributed by atoms with Crippen LogP contribution in [0.25, 0.3) is 0 Å². The summed E-state index contributed by atoms with van der Waals surface area (Å²) in [4.78, 5) is 14.3. The Balaban J connectivity index is 1.61. The molecule has 1 aliphatic heterocycles. The van der Waals surface area contributed by atoms with E-state index in [0.717, 1.165) is 38.6 Å². The molecule has 2 rings (SSSR count). The number of nitrogens with one attached hydrogen (secondary N) is 1.